The summed E-state index contributed by atoms with van der Waals surface area (Å²) in [7, 11) is 1.85. The number of anilines is 3. The highest BCUT2D eigenvalue weighted by Gasteiger charge is 2.31. The molecule has 1 N–H and O–H groups in total. The van der Waals surface area contributed by atoms with E-state index in [1.165, 1.54) is 12.8 Å². The zero-order valence-electron chi connectivity index (χ0n) is 18.9. The van der Waals surface area contributed by atoms with Gasteiger partial charge in [-0.15, -0.1) is 5.10 Å². The topological polar surface area (TPSA) is 94.0 Å². The number of nitrogens with zero attached hydrogens (tertiary/aromatic N) is 9. The molecule has 7 rings (SSSR count). The molecular weight excluding hydrogens is 435 g/mol. The predicted octanol–water partition coefficient (Wildman–Crippen LogP) is 3.42. The van der Waals surface area contributed by atoms with Gasteiger partial charge in [0.1, 0.15) is 17.5 Å². The van der Waals surface area contributed by atoms with E-state index in [0.29, 0.717) is 30.9 Å². The van der Waals surface area contributed by atoms with E-state index in [-0.39, 0.29) is 0 Å². The number of alkyl halides is 1. The van der Waals surface area contributed by atoms with Gasteiger partial charge in [-0.3, -0.25) is 4.68 Å². The summed E-state index contributed by atoms with van der Waals surface area (Å²) in [5.74, 6) is 2.12. The molecule has 1 saturated carbocycles. The number of aryl methyl sites for hydroxylation is 2. The number of nitrogens with one attached hydrogen (secondary N) is 1. The van der Waals surface area contributed by atoms with Crippen LogP contribution >= 0.6 is 0 Å². The molecule has 1 aliphatic heterocycles. The summed E-state index contributed by atoms with van der Waals surface area (Å²) in [5, 5.41) is 12.1. The lowest BCUT2D eigenvalue weighted by Gasteiger charge is -2.35. The van der Waals surface area contributed by atoms with E-state index in [2.05, 4.69) is 36.1 Å². The van der Waals surface area contributed by atoms with E-state index >= 15 is 0 Å². The van der Waals surface area contributed by atoms with Crippen LogP contribution in [-0.2, 0) is 7.05 Å². The summed E-state index contributed by atoms with van der Waals surface area (Å²) in [6, 6.07) is 4.67. The van der Waals surface area contributed by atoms with Crippen LogP contribution in [0.25, 0.3) is 27.8 Å². The molecule has 5 aromatic rings. The fraction of sp³-hybridized carbons (Fsp3) is 0.348. The molecule has 172 valence electrons. The molecule has 1 saturated heterocycles. The first-order valence-electron chi connectivity index (χ1n) is 11.4. The molecule has 0 atom stereocenters. The van der Waals surface area contributed by atoms with Gasteiger partial charge >= 0.3 is 0 Å². The Balaban J connectivity index is 1.37. The third kappa shape index (κ3) is 3.03. The maximum atomic E-state index is 13.8. The van der Waals surface area contributed by atoms with Crippen molar-refractivity contribution >= 4 is 34.1 Å². The molecule has 2 fully saturated rings. The van der Waals surface area contributed by atoms with Crippen molar-refractivity contribution in [1.82, 2.24) is 38.9 Å². The molecule has 1 aliphatic carbocycles. The van der Waals surface area contributed by atoms with E-state index in [1.807, 2.05) is 43.5 Å². The van der Waals surface area contributed by atoms with Gasteiger partial charge in [0.15, 0.2) is 11.5 Å². The SMILES string of the molecule is Cc1nc2ncc(-c3ccn4nc(Nc5cnn(C)c5)nc(N5CC(F)C5)c34)cc2n1C1CC1. The molecule has 0 aromatic carbocycles. The molecule has 0 spiro atoms. The highest BCUT2D eigenvalue weighted by molar-refractivity contribution is 5.92. The predicted molar refractivity (Wildman–Crippen MR) is 126 cm³/mol. The van der Waals surface area contributed by atoms with Crippen LogP contribution in [0, 0.1) is 6.92 Å². The van der Waals surface area contributed by atoms with Crippen LogP contribution in [0.2, 0.25) is 0 Å². The van der Waals surface area contributed by atoms with Crippen molar-refractivity contribution in [3.63, 3.8) is 0 Å². The highest BCUT2D eigenvalue weighted by atomic mass is 19.1. The summed E-state index contributed by atoms with van der Waals surface area (Å²) in [6.45, 7) is 2.66. The minimum atomic E-state index is -0.850. The lowest BCUT2D eigenvalue weighted by molar-refractivity contribution is 0.274. The monoisotopic (exact) mass is 458 g/mol. The highest BCUT2D eigenvalue weighted by Crippen LogP contribution is 2.40. The zero-order chi connectivity index (χ0) is 23.0. The van der Waals surface area contributed by atoms with Crippen molar-refractivity contribution in [1.29, 1.82) is 0 Å². The Morgan fingerprint density at radius 3 is 2.74 bits per heavy atom. The van der Waals surface area contributed by atoms with Crippen LogP contribution in [0.15, 0.2) is 36.9 Å². The Labute approximate surface area is 194 Å². The van der Waals surface area contributed by atoms with Crippen LogP contribution in [0.4, 0.5) is 21.8 Å². The molecule has 11 heteroatoms. The lowest BCUT2D eigenvalue weighted by Crippen LogP contribution is -2.49. The number of aromatic nitrogens is 8. The zero-order valence-corrected chi connectivity index (χ0v) is 18.9. The quantitative estimate of drug-likeness (QED) is 0.431. The molecule has 34 heavy (non-hydrogen) atoms. The molecule has 10 nitrogen and oxygen atoms in total. The van der Waals surface area contributed by atoms with Crippen molar-refractivity contribution in [3.8, 4) is 11.1 Å². The first-order chi connectivity index (χ1) is 16.5. The van der Waals surface area contributed by atoms with Gasteiger partial charge in [-0.05, 0) is 31.9 Å². The van der Waals surface area contributed by atoms with E-state index in [1.54, 1.807) is 15.4 Å². The Kier molecular flexibility index (Phi) is 4.00. The first-order valence-corrected chi connectivity index (χ1v) is 11.4. The van der Waals surface area contributed by atoms with Gasteiger partial charge in [0.25, 0.3) is 0 Å². The molecular formula is C23H23FN10. The van der Waals surface area contributed by atoms with Gasteiger partial charge in [0, 0.05) is 42.8 Å². The number of pyridine rings is 1. The average molecular weight is 459 g/mol. The maximum absolute atomic E-state index is 13.8. The minimum absolute atomic E-state index is 0.314. The van der Waals surface area contributed by atoms with Crippen molar-refractivity contribution in [2.45, 2.75) is 32.0 Å². The first kappa shape index (κ1) is 19.4. The second-order valence-corrected chi connectivity index (χ2v) is 9.14. The lowest BCUT2D eigenvalue weighted by atomic mass is 10.1. The average Bonchev–Trinajstić information content (AvgIpc) is 3.25. The molecule has 0 radical (unpaired) electrons. The van der Waals surface area contributed by atoms with Gasteiger partial charge < -0.3 is 14.8 Å². The van der Waals surface area contributed by atoms with Crippen LogP contribution in [0.1, 0.15) is 24.7 Å². The van der Waals surface area contributed by atoms with Crippen LogP contribution in [0.5, 0.6) is 0 Å². The number of hydrogen-bond donors (Lipinski definition) is 1. The third-order valence-electron chi connectivity index (χ3n) is 6.54. The Bertz CT molecular complexity index is 1550. The molecule has 0 unspecified atom stereocenters. The summed E-state index contributed by atoms with van der Waals surface area (Å²) in [5.41, 5.74) is 5.35. The second kappa shape index (κ2) is 6.99. The van der Waals surface area contributed by atoms with Crippen LogP contribution < -0.4 is 10.2 Å². The Morgan fingerprint density at radius 1 is 1.15 bits per heavy atom. The summed E-state index contributed by atoms with van der Waals surface area (Å²) in [6.07, 6.45) is 8.82. The van der Waals surface area contributed by atoms with Gasteiger partial charge in [-0.25, -0.2) is 18.9 Å². The number of imidazole rings is 1. The summed E-state index contributed by atoms with van der Waals surface area (Å²) < 4.78 is 19.6. The van der Waals surface area contributed by atoms with Crippen molar-refractivity contribution in [2.75, 3.05) is 23.3 Å². The smallest absolute Gasteiger partial charge is 0.247 e. The number of rotatable bonds is 5. The van der Waals surface area contributed by atoms with Crippen molar-refractivity contribution in [2.24, 2.45) is 7.05 Å². The minimum Gasteiger partial charge on any atom is -0.349 e. The van der Waals surface area contributed by atoms with E-state index in [9.17, 15) is 4.39 Å². The van der Waals surface area contributed by atoms with Gasteiger partial charge in [0.05, 0.1) is 30.5 Å². The second-order valence-electron chi connectivity index (χ2n) is 9.14. The standard InChI is InChI=1S/C23H23FN10/c1-13-27-21-19(34(13)17-3-4-17)7-14(8-25-21)18-5-6-33-20(18)22(32-10-15(24)11-32)29-23(30-33)28-16-9-26-31(2)12-16/h5-9,12,15,17H,3-4,10-11H2,1-2H3,(H,28,30). The van der Waals surface area contributed by atoms with Crippen LogP contribution in [-0.4, -0.2) is 58.2 Å². The van der Waals surface area contributed by atoms with E-state index in [0.717, 1.165) is 39.3 Å². The molecule has 6 heterocycles. The molecule has 5 aromatic heterocycles. The number of fused-ring (bicyclic) bond motifs is 2. The number of halogens is 1. The molecule has 0 amide bonds. The van der Waals surface area contributed by atoms with E-state index in [4.69, 9.17) is 4.98 Å². The third-order valence-corrected chi connectivity index (χ3v) is 6.54. The fourth-order valence-corrected chi connectivity index (χ4v) is 4.76. The van der Waals surface area contributed by atoms with Gasteiger partial charge in [0.2, 0.25) is 5.95 Å². The fourth-order valence-electron chi connectivity index (χ4n) is 4.76. The summed E-state index contributed by atoms with van der Waals surface area (Å²) in [4.78, 5) is 16.0. The largest absolute Gasteiger partial charge is 0.349 e. The van der Waals surface area contributed by atoms with Crippen molar-refractivity contribution in [3.05, 3.63) is 42.7 Å². The van der Waals surface area contributed by atoms with Gasteiger partial charge in [-0.2, -0.15) is 10.1 Å². The van der Waals surface area contributed by atoms with E-state index < -0.39 is 6.17 Å². The van der Waals surface area contributed by atoms with Crippen LogP contribution in [0.3, 0.4) is 0 Å². The molecule has 2 aliphatic rings. The maximum Gasteiger partial charge on any atom is 0.247 e. The normalized spacial score (nSPS) is 16.5. The number of hydrogen-bond acceptors (Lipinski definition) is 7. The molecule has 0 bridgehead atoms. The van der Waals surface area contributed by atoms with Gasteiger partial charge in [-0.1, -0.05) is 0 Å². The summed E-state index contributed by atoms with van der Waals surface area (Å²) >= 11 is 0. The Morgan fingerprint density at radius 2 is 2.00 bits per heavy atom. The van der Waals surface area contributed by atoms with Crippen molar-refractivity contribution < 1.29 is 4.39 Å². The Hall–Kier alpha value is -4.02.